The van der Waals surface area contributed by atoms with Gasteiger partial charge in [-0.3, -0.25) is 0 Å². The van der Waals surface area contributed by atoms with E-state index in [4.69, 9.17) is 16.3 Å². The molecule has 17 heavy (non-hydrogen) atoms. The molecule has 0 amide bonds. The molecule has 0 bridgehead atoms. The Morgan fingerprint density at radius 2 is 2.35 bits per heavy atom. The Kier molecular flexibility index (Phi) is 3.33. The summed E-state index contributed by atoms with van der Waals surface area (Å²) in [5.74, 6) is -0.999. The Morgan fingerprint density at radius 1 is 1.59 bits per heavy atom. The molecule has 5 heteroatoms. The summed E-state index contributed by atoms with van der Waals surface area (Å²) >= 11 is 5.68. The Balaban J connectivity index is 2.44. The fourth-order valence-electron chi connectivity index (χ4n) is 1.69. The zero-order valence-corrected chi connectivity index (χ0v) is 9.97. The molecule has 1 heterocycles. The monoisotopic (exact) mass is 255 g/mol. The van der Waals surface area contributed by atoms with Crippen LogP contribution in [-0.4, -0.2) is 19.1 Å². The molecule has 0 aliphatic carbocycles. The van der Waals surface area contributed by atoms with Gasteiger partial charge in [-0.15, -0.1) is 0 Å². The molecule has 0 fully saturated rings. The quantitative estimate of drug-likeness (QED) is 0.826. The molecule has 1 aliphatic heterocycles. The van der Waals surface area contributed by atoms with Gasteiger partial charge in [-0.1, -0.05) is 17.7 Å². The van der Waals surface area contributed by atoms with Crippen LogP contribution in [0.2, 0.25) is 5.02 Å². The zero-order chi connectivity index (χ0) is 12.4. The maximum Gasteiger partial charge on any atom is 0.338 e. The van der Waals surface area contributed by atoms with Crippen LogP contribution in [0.3, 0.4) is 0 Å². The molecule has 1 aromatic rings. The van der Waals surface area contributed by atoms with E-state index in [2.05, 4.69) is 5.32 Å². The van der Waals surface area contributed by atoms with E-state index in [-0.39, 0.29) is 11.6 Å². The molecular weight excluding hydrogens is 245 g/mol. The van der Waals surface area contributed by atoms with E-state index in [1.165, 1.54) is 12.1 Å². The van der Waals surface area contributed by atoms with E-state index in [1.807, 2.05) is 0 Å². The summed E-state index contributed by atoms with van der Waals surface area (Å²) in [5.41, 5.74) is 1.50. The van der Waals surface area contributed by atoms with Crippen molar-refractivity contribution >= 4 is 28.8 Å². The van der Waals surface area contributed by atoms with Gasteiger partial charge in [0.1, 0.15) is 5.82 Å². The van der Waals surface area contributed by atoms with Gasteiger partial charge in [0.25, 0.3) is 0 Å². The van der Waals surface area contributed by atoms with E-state index in [0.29, 0.717) is 23.4 Å². The molecule has 0 radical (unpaired) electrons. The van der Waals surface area contributed by atoms with Crippen LogP contribution in [0, 0.1) is 5.82 Å². The van der Waals surface area contributed by atoms with Crippen LogP contribution < -0.4 is 5.32 Å². The minimum Gasteiger partial charge on any atom is -0.462 e. The number of hydrogen-bond donors (Lipinski definition) is 1. The van der Waals surface area contributed by atoms with Crippen LogP contribution in [-0.2, 0) is 9.53 Å². The Labute approximate surface area is 103 Å². The number of hydrogen-bond acceptors (Lipinski definition) is 3. The highest BCUT2D eigenvalue weighted by Gasteiger charge is 2.21. The molecule has 1 aliphatic rings. The second-order valence-electron chi connectivity index (χ2n) is 3.53. The molecule has 0 saturated heterocycles. The number of carbonyl (C=O) groups excluding carboxylic acids is 1. The SMILES string of the molecule is CCOC(=O)C1=CCNc2cc(Cl)c(F)cc21. The molecule has 90 valence electrons. The van der Waals surface area contributed by atoms with Gasteiger partial charge in [-0.05, 0) is 19.1 Å². The van der Waals surface area contributed by atoms with Crippen molar-refractivity contribution in [1.29, 1.82) is 0 Å². The first-order chi connectivity index (χ1) is 8.13. The molecule has 2 rings (SSSR count). The minimum atomic E-state index is -0.552. The first kappa shape index (κ1) is 11.9. The van der Waals surface area contributed by atoms with Crippen molar-refractivity contribution in [2.45, 2.75) is 6.92 Å². The summed E-state index contributed by atoms with van der Waals surface area (Å²) in [5, 5.41) is 3.05. The lowest BCUT2D eigenvalue weighted by Crippen LogP contribution is -2.15. The number of esters is 1. The molecule has 0 spiro atoms. The average molecular weight is 256 g/mol. The standard InChI is InChI=1S/C12H11ClFNO2/c1-2-17-12(16)7-3-4-15-11-6-9(13)10(14)5-8(7)11/h3,5-6,15H,2,4H2,1H3. The number of ether oxygens (including phenoxy) is 1. The molecular formula is C12H11ClFNO2. The summed E-state index contributed by atoms with van der Waals surface area (Å²) in [6.07, 6.45) is 1.67. The van der Waals surface area contributed by atoms with Crippen molar-refractivity contribution in [2.24, 2.45) is 0 Å². The van der Waals surface area contributed by atoms with Gasteiger partial charge < -0.3 is 10.1 Å². The lowest BCUT2D eigenvalue weighted by molar-refractivity contribution is -0.136. The van der Waals surface area contributed by atoms with E-state index in [1.54, 1.807) is 13.0 Å². The summed E-state index contributed by atoms with van der Waals surface area (Å²) < 4.78 is 18.3. The fourth-order valence-corrected chi connectivity index (χ4v) is 1.85. The van der Waals surface area contributed by atoms with E-state index in [0.717, 1.165) is 0 Å². The van der Waals surface area contributed by atoms with Crippen molar-refractivity contribution in [3.05, 3.63) is 34.6 Å². The highest BCUT2D eigenvalue weighted by molar-refractivity contribution is 6.31. The number of fused-ring (bicyclic) bond motifs is 1. The first-order valence-corrected chi connectivity index (χ1v) is 5.62. The highest BCUT2D eigenvalue weighted by Crippen LogP contribution is 2.32. The number of halogens is 2. The van der Waals surface area contributed by atoms with Crippen molar-refractivity contribution in [3.8, 4) is 0 Å². The summed E-state index contributed by atoms with van der Waals surface area (Å²) in [7, 11) is 0. The third kappa shape index (κ3) is 2.26. The van der Waals surface area contributed by atoms with Crippen LogP contribution in [0.1, 0.15) is 12.5 Å². The number of carbonyl (C=O) groups is 1. The molecule has 0 aromatic heterocycles. The molecule has 1 N–H and O–H groups in total. The van der Waals surface area contributed by atoms with Gasteiger partial charge in [-0.25, -0.2) is 9.18 Å². The summed E-state index contributed by atoms with van der Waals surface area (Å²) in [6, 6.07) is 2.71. The smallest absolute Gasteiger partial charge is 0.338 e. The molecule has 0 atom stereocenters. The molecule has 1 aromatic carbocycles. The van der Waals surface area contributed by atoms with Gasteiger partial charge in [0.2, 0.25) is 0 Å². The van der Waals surface area contributed by atoms with Crippen molar-refractivity contribution in [3.63, 3.8) is 0 Å². The third-order valence-electron chi connectivity index (χ3n) is 2.44. The number of anilines is 1. The van der Waals surface area contributed by atoms with Crippen LogP contribution in [0.5, 0.6) is 0 Å². The van der Waals surface area contributed by atoms with Gasteiger partial charge in [0.05, 0.1) is 17.2 Å². The maximum atomic E-state index is 13.4. The fraction of sp³-hybridized carbons (Fsp3) is 0.250. The Bertz CT molecular complexity index is 500. The van der Waals surface area contributed by atoms with E-state index < -0.39 is 11.8 Å². The van der Waals surface area contributed by atoms with Crippen LogP contribution in [0.15, 0.2) is 18.2 Å². The van der Waals surface area contributed by atoms with Gasteiger partial charge in [0.15, 0.2) is 0 Å². The molecule has 0 unspecified atom stereocenters. The van der Waals surface area contributed by atoms with Crippen molar-refractivity contribution < 1.29 is 13.9 Å². The van der Waals surface area contributed by atoms with E-state index >= 15 is 0 Å². The van der Waals surface area contributed by atoms with Crippen molar-refractivity contribution in [2.75, 3.05) is 18.5 Å². The van der Waals surface area contributed by atoms with Crippen LogP contribution >= 0.6 is 11.6 Å². The zero-order valence-electron chi connectivity index (χ0n) is 9.22. The second kappa shape index (κ2) is 4.75. The second-order valence-corrected chi connectivity index (χ2v) is 3.94. The van der Waals surface area contributed by atoms with E-state index in [9.17, 15) is 9.18 Å². The lowest BCUT2D eigenvalue weighted by atomic mass is 10.0. The van der Waals surface area contributed by atoms with Gasteiger partial charge in [0, 0.05) is 17.8 Å². The third-order valence-corrected chi connectivity index (χ3v) is 2.73. The topological polar surface area (TPSA) is 38.3 Å². The Hall–Kier alpha value is -1.55. The Morgan fingerprint density at radius 3 is 3.06 bits per heavy atom. The highest BCUT2D eigenvalue weighted by atomic mass is 35.5. The van der Waals surface area contributed by atoms with Gasteiger partial charge in [-0.2, -0.15) is 0 Å². The predicted octanol–water partition coefficient (Wildman–Crippen LogP) is 2.85. The van der Waals surface area contributed by atoms with Crippen molar-refractivity contribution in [1.82, 2.24) is 0 Å². The van der Waals surface area contributed by atoms with Crippen LogP contribution in [0.4, 0.5) is 10.1 Å². The molecule has 0 saturated carbocycles. The number of benzene rings is 1. The van der Waals surface area contributed by atoms with Crippen LogP contribution in [0.25, 0.3) is 5.57 Å². The van der Waals surface area contributed by atoms with Gasteiger partial charge >= 0.3 is 5.97 Å². The minimum absolute atomic E-state index is 0.0290. The lowest BCUT2D eigenvalue weighted by Gasteiger charge is -2.18. The largest absolute Gasteiger partial charge is 0.462 e. The number of nitrogens with one attached hydrogen (secondary N) is 1. The summed E-state index contributed by atoms with van der Waals surface area (Å²) in [4.78, 5) is 11.7. The maximum absolute atomic E-state index is 13.4. The first-order valence-electron chi connectivity index (χ1n) is 5.24. The normalized spacial score (nSPS) is 13.5. The number of rotatable bonds is 2. The molecule has 3 nitrogen and oxygen atoms in total. The predicted molar refractivity (Wildman–Crippen MR) is 64.5 cm³/mol. The summed E-state index contributed by atoms with van der Waals surface area (Å²) in [6.45, 7) is 2.50. The average Bonchev–Trinajstić information content (AvgIpc) is 2.30.